The van der Waals surface area contributed by atoms with Gasteiger partial charge in [-0.1, -0.05) is 0 Å². The van der Waals surface area contributed by atoms with E-state index in [2.05, 4.69) is 40.7 Å². The highest BCUT2D eigenvalue weighted by Crippen LogP contribution is 2.24. The van der Waals surface area contributed by atoms with Gasteiger partial charge in [-0.25, -0.2) is 0 Å². The van der Waals surface area contributed by atoms with Crippen molar-refractivity contribution in [1.82, 2.24) is 14.7 Å². The van der Waals surface area contributed by atoms with Crippen molar-refractivity contribution in [1.29, 1.82) is 10.5 Å². The molecule has 0 aromatic carbocycles. The van der Waals surface area contributed by atoms with Gasteiger partial charge in [0.2, 0.25) is 0 Å². The topological polar surface area (TPSA) is 69.7 Å². The summed E-state index contributed by atoms with van der Waals surface area (Å²) in [6.07, 6.45) is 7.46. The molecule has 28 heavy (non-hydrogen) atoms. The predicted molar refractivity (Wildman–Crippen MR) is 112 cm³/mol. The fourth-order valence-corrected chi connectivity index (χ4v) is 5.08. The molecule has 3 aliphatic heterocycles. The zero-order chi connectivity index (χ0) is 19.9. The number of rotatable bonds is 6. The lowest BCUT2D eigenvalue weighted by molar-refractivity contribution is 0.173. The number of aliphatic imine (C=N–C) groups is 1. The van der Waals surface area contributed by atoms with E-state index in [1.165, 1.54) is 38.8 Å². The average molecular weight is 385 g/mol. The minimum atomic E-state index is -0.744. The second kappa shape index (κ2) is 10.2. The maximum Gasteiger partial charge on any atom is 0.189 e. The van der Waals surface area contributed by atoms with Crippen molar-refractivity contribution in [2.24, 2.45) is 16.8 Å². The zero-order valence-corrected chi connectivity index (χ0v) is 17.7. The van der Waals surface area contributed by atoms with Crippen molar-refractivity contribution in [2.45, 2.75) is 64.5 Å². The molecule has 0 N–H and O–H groups in total. The van der Waals surface area contributed by atoms with Crippen molar-refractivity contribution < 1.29 is 0 Å². The fourth-order valence-electron chi connectivity index (χ4n) is 5.08. The van der Waals surface area contributed by atoms with Crippen LogP contribution in [0.15, 0.2) is 4.99 Å². The molecule has 0 saturated carbocycles. The Labute approximate surface area is 170 Å². The number of hydrogen-bond donors (Lipinski definition) is 0. The van der Waals surface area contributed by atoms with E-state index in [1.54, 1.807) is 0 Å². The van der Waals surface area contributed by atoms with Gasteiger partial charge in [-0.3, -0.25) is 9.89 Å². The summed E-state index contributed by atoms with van der Waals surface area (Å²) in [7, 11) is 0. The molecule has 154 valence electrons. The highest BCUT2D eigenvalue weighted by Gasteiger charge is 2.29. The van der Waals surface area contributed by atoms with E-state index in [1.807, 2.05) is 0 Å². The van der Waals surface area contributed by atoms with Crippen molar-refractivity contribution in [3.8, 4) is 12.1 Å². The van der Waals surface area contributed by atoms with Crippen LogP contribution >= 0.6 is 0 Å². The van der Waals surface area contributed by atoms with E-state index in [0.29, 0.717) is 18.4 Å². The van der Waals surface area contributed by atoms with Crippen LogP contribution in [0.1, 0.15) is 52.4 Å². The molecule has 1 unspecified atom stereocenters. The van der Waals surface area contributed by atoms with Crippen LogP contribution in [0.25, 0.3) is 0 Å². The Morgan fingerprint density at radius 3 is 2.07 bits per heavy atom. The molecule has 6 heteroatoms. The summed E-state index contributed by atoms with van der Waals surface area (Å²) >= 11 is 0. The minimum Gasteiger partial charge on any atom is -0.358 e. The molecule has 0 bridgehead atoms. The summed E-state index contributed by atoms with van der Waals surface area (Å²) in [4.78, 5) is 12.1. The standard InChI is InChI=1S/C22H36N6/c1-18-5-3-10-26(18)14-9-25-22(21(15-23)16-24)27-12-7-20(8-13-27)17-28-11-4-6-19(28)2/h18-21H,3-14,17H2,1-2H3/t18-,19?/m1/s1. The van der Waals surface area contributed by atoms with Crippen LogP contribution in [-0.4, -0.2) is 78.4 Å². The second-order valence-corrected chi connectivity index (χ2v) is 8.87. The first-order chi connectivity index (χ1) is 13.6. The fraction of sp³-hybridized carbons (Fsp3) is 0.864. The molecule has 3 rings (SSSR count). The van der Waals surface area contributed by atoms with Gasteiger partial charge in [0.15, 0.2) is 5.92 Å². The van der Waals surface area contributed by atoms with E-state index >= 15 is 0 Å². The van der Waals surface area contributed by atoms with Crippen LogP contribution in [0, 0.1) is 34.5 Å². The summed E-state index contributed by atoms with van der Waals surface area (Å²) < 4.78 is 0. The highest BCUT2D eigenvalue weighted by molar-refractivity contribution is 5.89. The Morgan fingerprint density at radius 2 is 1.54 bits per heavy atom. The summed E-state index contributed by atoms with van der Waals surface area (Å²) in [5.74, 6) is 0.696. The van der Waals surface area contributed by atoms with Crippen LogP contribution in [0.5, 0.6) is 0 Å². The maximum absolute atomic E-state index is 9.45. The third-order valence-corrected chi connectivity index (χ3v) is 6.99. The lowest BCUT2D eigenvalue weighted by atomic mass is 9.95. The van der Waals surface area contributed by atoms with E-state index in [0.717, 1.165) is 51.0 Å². The molecule has 0 amide bonds. The molecule has 3 heterocycles. The molecule has 3 fully saturated rings. The Bertz CT molecular complexity index is 595. The SMILES string of the molecule is CC1CCCN1CC1CCN(C(=NCCN2CCC[C@H]2C)C(C#N)C#N)CC1. The number of likely N-dealkylation sites (tertiary alicyclic amines) is 3. The average Bonchev–Trinajstić information content (AvgIpc) is 3.30. The third-order valence-electron chi connectivity index (χ3n) is 6.99. The molecular formula is C22H36N6. The quantitative estimate of drug-likeness (QED) is 0.520. The van der Waals surface area contributed by atoms with E-state index in [9.17, 15) is 10.5 Å². The van der Waals surface area contributed by atoms with Gasteiger partial charge >= 0.3 is 0 Å². The Balaban J connectivity index is 1.54. The summed E-state index contributed by atoms with van der Waals surface area (Å²) in [5, 5.41) is 18.9. The normalized spacial score (nSPS) is 28.0. The maximum atomic E-state index is 9.45. The smallest absolute Gasteiger partial charge is 0.189 e. The molecule has 0 radical (unpaired) electrons. The van der Waals surface area contributed by atoms with E-state index < -0.39 is 5.92 Å². The number of nitrogens with zero attached hydrogens (tertiary/aromatic N) is 6. The highest BCUT2D eigenvalue weighted by atomic mass is 15.2. The lowest BCUT2D eigenvalue weighted by Gasteiger charge is -2.36. The molecule has 0 aromatic rings. The van der Waals surface area contributed by atoms with Crippen LogP contribution in [0.2, 0.25) is 0 Å². The van der Waals surface area contributed by atoms with Gasteiger partial charge in [0.1, 0.15) is 5.84 Å². The van der Waals surface area contributed by atoms with Crippen LogP contribution in [0.3, 0.4) is 0 Å². The predicted octanol–water partition coefficient (Wildman–Crippen LogP) is 2.73. The summed E-state index contributed by atoms with van der Waals surface area (Å²) in [5.41, 5.74) is 0. The molecule has 0 spiro atoms. The van der Waals surface area contributed by atoms with Crippen LogP contribution in [0.4, 0.5) is 0 Å². The van der Waals surface area contributed by atoms with Gasteiger partial charge in [0.25, 0.3) is 0 Å². The molecular weight excluding hydrogens is 348 g/mol. The summed E-state index contributed by atoms with van der Waals surface area (Å²) in [6, 6.07) is 5.67. The molecule has 0 aromatic heterocycles. The van der Waals surface area contributed by atoms with Crippen LogP contribution in [-0.2, 0) is 0 Å². The largest absolute Gasteiger partial charge is 0.358 e. The van der Waals surface area contributed by atoms with Crippen molar-refractivity contribution >= 4 is 5.84 Å². The Morgan fingerprint density at radius 1 is 0.929 bits per heavy atom. The molecule has 3 saturated heterocycles. The van der Waals surface area contributed by atoms with Gasteiger partial charge in [-0.15, -0.1) is 0 Å². The molecule has 6 nitrogen and oxygen atoms in total. The number of piperidine rings is 1. The zero-order valence-electron chi connectivity index (χ0n) is 17.7. The number of nitriles is 2. The third kappa shape index (κ3) is 5.25. The first kappa shape index (κ1) is 21.1. The van der Waals surface area contributed by atoms with Crippen molar-refractivity contribution in [2.75, 3.05) is 45.8 Å². The van der Waals surface area contributed by atoms with Gasteiger partial charge in [-0.05, 0) is 71.4 Å². The van der Waals surface area contributed by atoms with E-state index in [4.69, 9.17) is 4.99 Å². The summed E-state index contributed by atoms with van der Waals surface area (Å²) in [6.45, 7) is 11.7. The van der Waals surface area contributed by atoms with Gasteiger partial charge in [-0.2, -0.15) is 10.5 Å². The minimum absolute atomic E-state index is 0.630. The van der Waals surface area contributed by atoms with E-state index in [-0.39, 0.29) is 0 Å². The lowest BCUT2D eigenvalue weighted by Crippen LogP contribution is -2.44. The van der Waals surface area contributed by atoms with Crippen molar-refractivity contribution in [3.63, 3.8) is 0 Å². The molecule has 2 atom stereocenters. The van der Waals surface area contributed by atoms with Crippen molar-refractivity contribution in [3.05, 3.63) is 0 Å². The monoisotopic (exact) mass is 384 g/mol. The first-order valence-corrected chi connectivity index (χ1v) is 11.2. The van der Waals surface area contributed by atoms with Gasteiger partial charge in [0, 0.05) is 38.3 Å². The van der Waals surface area contributed by atoms with Gasteiger partial charge < -0.3 is 9.80 Å². The molecule has 3 aliphatic rings. The first-order valence-electron chi connectivity index (χ1n) is 11.2. The second-order valence-electron chi connectivity index (χ2n) is 8.87. The number of amidine groups is 1. The Hall–Kier alpha value is -1.63. The van der Waals surface area contributed by atoms with Gasteiger partial charge in [0.05, 0.1) is 18.7 Å². The molecule has 0 aliphatic carbocycles. The number of hydrogen-bond acceptors (Lipinski definition) is 5. The van der Waals surface area contributed by atoms with Crippen LogP contribution < -0.4 is 0 Å². The Kier molecular flexibility index (Phi) is 7.71.